The SMILES string of the molecule is CCCCCCCc1ccc(N/C(N)=C/C(=N)N(C)C)cc1. The molecule has 0 heterocycles. The summed E-state index contributed by atoms with van der Waals surface area (Å²) >= 11 is 0. The topological polar surface area (TPSA) is 65.1 Å². The van der Waals surface area contributed by atoms with Crippen LogP contribution in [-0.4, -0.2) is 24.8 Å². The number of amidine groups is 1. The first-order chi connectivity index (χ1) is 10.5. The van der Waals surface area contributed by atoms with Crippen LogP contribution >= 0.6 is 0 Å². The fourth-order valence-corrected chi connectivity index (χ4v) is 2.17. The van der Waals surface area contributed by atoms with Crippen molar-refractivity contribution < 1.29 is 0 Å². The van der Waals surface area contributed by atoms with Gasteiger partial charge in [-0.1, -0.05) is 44.7 Å². The van der Waals surface area contributed by atoms with Crippen molar-refractivity contribution in [1.29, 1.82) is 5.41 Å². The number of likely N-dealkylation sites (N-methyl/N-ethyl adjacent to an activating group) is 1. The van der Waals surface area contributed by atoms with E-state index >= 15 is 0 Å². The lowest BCUT2D eigenvalue weighted by Crippen LogP contribution is -2.21. The van der Waals surface area contributed by atoms with E-state index in [2.05, 4.69) is 24.4 Å². The van der Waals surface area contributed by atoms with Crippen LogP contribution in [0, 0.1) is 5.41 Å². The molecule has 1 rings (SSSR count). The van der Waals surface area contributed by atoms with Crippen molar-refractivity contribution >= 4 is 11.5 Å². The number of anilines is 1. The van der Waals surface area contributed by atoms with E-state index in [0.29, 0.717) is 11.7 Å². The molecule has 4 heteroatoms. The zero-order valence-corrected chi connectivity index (χ0v) is 14.2. The van der Waals surface area contributed by atoms with Gasteiger partial charge in [0.1, 0.15) is 11.7 Å². The summed E-state index contributed by atoms with van der Waals surface area (Å²) in [6.45, 7) is 2.24. The summed E-state index contributed by atoms with van der Waals surface area (Å²) < 4.78 is 0. The van der Waals surface area contributed by atoms with E-state index in [9.17, 15) is 0 Å². The fraction of sp³-hybridized carbons (Fsp3) is 0.500. The summed E-state index contributed by atoms with van der Waals surface area (Å²) in [5, 5.41) is 10.8. The molecule has 0 fully saturated rings. The number of unbranched alkanes of at least 4 members (excludes halogenated alkanes) is 4. The lowest BCUT2D eigenvalue weighted by atomic mass is 10.1. The van der Waals surface area contributed by atoms with Gasteiger partial charge < -0.3 is 16.0 Å². The van der Waals surface area contributed by atoms with Crippen molar-refractivity contribution in [3.63, 3.8) is 0 Å². The lowest BCUT2D eigenvalue weighted by molar-refractivity contribution is 0.621. The Balaban J connectivity index is 2.43. The van der Waals surface area contributed by atoms with Gasteiger partial charge in [-0.05, 0) is 30.5 Å². The van der Waals surface area contributed by atoms with Crippen molar-refractivity contribution in [3.05, 3.63) is 41.7 Å². The molecular formula is C18H30N4. The molecule has 0 aliphatic heterocycles. The number of hydrogen-bond donors (Lipinski definition) is 3. The Kier molecular flexibility index (Phi) is 8.11. The van der Waals surface area contributed by atoms with Crippen LogP contribution < -0.4 is 11.1 Å². The highest BCUT2D eigenvalue weighted by Gasteiger charge is 1.99. The van der Waals surface area contributed by atoms with Crippen LogP contribution in [0.1, 0.15) is 44.6 Å². The van der Waals surface area contributed by atoms with Crippen LogP contribution in [0.3, 0.4) is 0 Å². The summed E-state index contributed by atoms with van der Waals surface area (Å²) in [5.74, 6) is 0.847. The minimum atomic E-state index is 0.369. The first kappa shape index (κ1) is 18.1. The maximum atomic E-state index is 7.73. The number of benzene rings is 1. The van der Waals surface area contributed by atoms with Crippen LogP contribution in [0.25, 0.3) is 0 Å². The van der Waals surface area contributed by atoms with Crippen molar-refractivity contribution in [2.45, 2.75) is 45.4 Å². The number of nitrogens with one attached hydrogen (secondary N) is 2. The van der Waals surface area contributed by atoms with E-state index in [1.54, 1.807) is 11.0 Å². The molecule has 0 bridgehead atoms. The molecule has 0 unspecified atom stereocenters. The Bertz CT molecular complexity index is 474. The molecule has 0 spiro atoms. The van der Waals surface area contributed by atoms with Gasteiger partial charge in [0.15, 0.2) is 0 Å². The maximum Gasteiger partial charge on any atom is 0.123 e. The Labute approximate surface area is 134 Å². The quantitative estimate of drug-likeness (QED) is 0.367. The van der Waals surface area contributed by atoms with Gasteiger partial charge in [-0.15, -0.1) is 0 Å². The second kappa shape index (κ2) is 9.87. The summed E-state index contributed by atoms with van der Waals surface area (Å²) in [7, 11) is 3.64. The van der Waals surface area contributed by atoms with Crippen LogP contribution in [0.15, 0.2) is 36.2 Å². The lowest BCUT2D eigenvalue weighted by Gasteiger charge is -2.12. The predicted octanol–water partition coefficient (Wildman–Crippen LogP) is 3.95. The Morgan fingerprint density at radius 2 is 1.77 bits per heavy atom. The molecule has 4 N–H and O–H groups in total. The molecule has 0 aliphatic carbocycles. The molecule has 0 saturated heterocycles. The standard InChI is InChI=1S/C18H30N4/c1-4-5-6-7-8-9-15-10-12-16(13-11-15)21-17(19)14-18(20)22(2)3/h10-14,20-21H,4-9,19H2,1-3H3/b17-14+,20-18?. The van der Waals surface area contributed by atoms with Crippen molar-refractivity contribution in [2.75, 3.05) is 19.4 Å². The van der Waals surface area contributed by atoms with Gasteiger partial charge in [-0.2, -0.15) is 0 Å². The van der Waals surface area contributed by atoms with Crippen LogP contribution in [0.2, 0.25) is 0 Å². The van der Waals surface area contributed by atoms with Crippen molar-refractivity contribution in [3.8, 4) is 0 Å². The third-order valence-electron chi connectivity index (χ3n) is 3.59. The third-order valence-corrected chi connectivity index (χ3v) is 3.59. The van der Waals surface area contributed by atoms with Gasteiger partial charge in [-0.25, -0.2) is 0 Å². The summed E-state index contributed by atoms with van der Waals surface area (Å²) in [6.07, 6.45) is 9.31. The Morgan fingerprint density at radius 1 is 1.14 bits per heavy atom. The highest BCUT2D eigenvalue weighted by Crippen LogP contribution is 2.14. The van der Waals surface area contributed by atoms with Gasteiger partial charge in [0.25, 0.3) is 0 Å². The van der Waals surface area contributed by atoms with Crippen LogP contribution in [0.4, 0.5) is 5.69 Å². The number of nitrogens with two attached hydrogens (primary N) is 1. The first-order valence-electron chi connectivity index (χ1n) is 8.12. The first-order valence-corrected chi connectivity index (χ1v) is 8.12. The minimum Gasteiger partial charge on any atom is -0.385 e. The van der Waals surface area contributed by atoms with Crippen LogP contribution in [-0.2, 0) is 6.42 Å². The third kappa shape index (κ3) is 7.16. The van der Waals surface area contributed by atoms with Gasteiger partial charge in [0.2, 0.25) is 0 Å². The van der Waals surface area contributed by atoms with Gasteiger partial charge in [0.05, 0.1) is 0 Å². The average Bonchev–Trinajstić information content (AvgIpc) is 2.48. The van der Waals surface area contributed by atoms with E-state index in [-0.39, 0.29) is 0 Å². The second-order valence-corrected chi connectivity index (χ2v) is 5.87. The molecule has 0 atom stereocenters. The Hall–Kier alpha value is -1.97. The monoisotopic (exact) mass is 302 g/mol. The maximum absolute atomic E-state index is 7.73. The molecule has 1 aromatic carbocycles. The molecule has 22 heavy (non-hydrogen) atoms. The number of rotatable bonds is 9. The van der Waals surface area contributed by atoms with E-state index in [1.807, 2.05) is 26.2 Å². The van der Waals surface area contributed by atoms with Gasteiger partial charge >= 0.3 is 0 Å². The van der Waals surface area contributed by atoms with Crippen LogP contribution in [0.5, 0.6) is 0 Å². The zero-order valence-electron chi connectivity index (χ0n) is 14.2. The number of hydrogen-bond acceptors (Lipinski definition) is 3. The predicted molar refractivity (Wildman–Crippen MR) is 96.2 cm³/mol. The highest BCUT2D eigenvalue weighted by atomic mass is 15.1. The molecule has 0 amide bonds. The molecule has 0 aliphatic rings. The Morgan fingerprint density at radius 3 is 2.36 bits per heavy atom. The fourth-order valence-electron chi connectivity index (χ4n) is 2.17. The smallest absolute Gasteiger partial charge is 0.123 e. The van der Waals surface area contributed by atoms with E-state index in [4.69, 9.17) is 11.1 Å². The molecule has 4 nitrogen and oxygen atoms in total. The molecule has 122 valence electrons. The average molecular weight is 302 g/mol. The highest BCUT2D eigenvalue weighted by molar-refractivity contribution is 5.90. The van der Waals surface area contributed by atoms with E-state index in [0.717, 1.165) is 12.1 Å². The largest absolute Gasteiger partial charge is 0.385 e. The van der Waals surface area contributed by atoms with Gasteiger partial charge in [-0.3, -0.25) is 5.41 Å². The summed E-state index contributed by atoms with van der Waals surface area (Å²) in [4.78, 5) is 1.70. The van der Waals surface area contributed by atoms with Crippen molar-refractivity contribution in [2.24, 2.45) is 5.73 Å². The van der Waals surface area contributed by atoms with Gasteiger partial charge in [0, 0.05) is 25.9 Å². The molecule has 0 saturated carbocycles. The van der Waals surface area contributed by atoms with Crippen molar-refractivity contribution in [1.82, 2.24) is 4.90 Å². The summed E-state index contributed by atoms with van der Waals surface area (Å²) in [5.41, 5.74) is 8.21. The number of nitrogens with zero attached hydrogens (tertiary/aromatic N) is 1. The molecule has 0 aromatic heterocycles. The summed E-state index contributed by atoms with van der Waals surface area (Å²) in [6, 6.07) is 8.38. The second-order valence-electron chi connectivity index (χ2n) is 5.87. The minimum absolute atomic E-state index is 0.369. The van der Waals surface area contributed by atoms with E-state index < -0.39 is 0 Å². The number of aryl methyl sites for hydroxylation is 1. The normalized spacial score (nSPS) is 11.3. The zero-order chi connectivity index (χ0) is 16.4. The van der Waals surface area contributed by atoms with E-state index in [1.165, 1.54) is 37.7 Å². The molecule has 1 aromatic rings. The molecule has 0 radical (unpaired) electrons. The molecular weight excluding hydrogens is 272 g/mol.